The van der Waals surface area contributed by atoms with E-state index in [-0.39, 0.29) is 17.5 Å². The molecule has 6 nitrogen and oxygen atoms in total. The molecule has 0 amide bonds. The fourth-order valence-electron chi connectivity index (χ4n) is 2.43. The third-order valence-corrected chi connectivity index (χ3v) is 5.08. The number of aromatic nitrogens is 2. The Morgan fingerprint density at radius 3 is 2.95 bits per heavy atom. The SMILES string of the molecule is CC1CCCC1NS(=O)(=O)c1cnn(CCCO)c1. The third-order valence-electron chi connectivity index (χ3n) is 3.63. The molecule has 0 aliphatic heterocycles. The summed E-state index contributed by atoms with van der Waals surface area (Å²) in [5.74, 6) is 0.388. The molecule has 0 radical (unpaired) electrons. The Morgan fingerprint density at radius 1 is 1.53 bits per heavy atom. The van der Waals surface area contributed by atoms with E-state index >= 15 is 0 Å². The highest BCUT2D eigenvalue weighted by atomic mass is 32.2. The molecular weight excluding hydrogens is 266 g/mol. The lowest BCUT2D eigenvalue weighted by Crippen LogP contribution is -2.36. The molecule has 2 N–H and O–H groups in total. The van der Waals surface area contributed by atoms with Crippen LogP contribution in [-0.2, 0) is 16.6 Å². The summed E-state index contributed by atoms with van der Waals surface area (Å²) in [6, 6.07) is 0.0331. The minimum Gasteiger partial charge on any atom is -0.396 e. The van der Waals surface area contributed by atoms with Gasteiger partial charge in [0.25, 0.3) is 0 Å². The summed E-state index contributed by atoms with van der Waals surface area (Å²) in [7, 11) is -3.48. The molecule has 0 spiro atoms. The van der Waals surface area contributed by atoms with E-state index < -0.39 is 10.0 Å². The van der Waals surface area contributed by atoms with Gasteiger partial charge in [0.2, 0.25) is 10.0 Å². The average Bonchev–Trinajstić information content (AvgIpc) is 2.97. The lowest BCUT2D eigenvalue weighted by molar-refractivity contribution is 0.277. The van der Waals surface area contributed by atoms with Crippen LogP contribution in [0.15, 0.2) is 17.3 Å². The number of nitrogens with zero attached hydrogens (tertiary/aromatic N) is 2. The smallest absolute Gasteiger partial charge is 0.243 e. The molecule has 2 rings (SSSR count). The molecule has 2 atom stereocenters. The molecule has 1 aliphatic rings. The van der Waals surface area contributed by atoms with Crippen molar-refractivity contribution in [2.75, 3.05) is 6.61 Å². The summed E-state index contributed by atoms with van der Waals surface area (Å²) in [4.78, 5) is 0.199. The fraction of sp³-hybridized carbons (Fsp3) is 0.750. The van der Waals surface area contributed by atoms with Gasteiger partial charge in [0.05, 0.1) is 6.20 Å². The van der Waals surface area contributed by atoms with Gasteiger partial charge in [-0.2, -0.15) is 5.10 Å². The van der Waals surface area contributed by atoms with Gasteiger partial charge in [-0.1, -0.05) is 13.3 Å². The molecule has 1 heterocycles. The van der Waals surface area contributed by atoms with Crippen molar-refractivity contribution in [1.29, 1.82) is 0 Å². The van der Waals surface area contributed by atoms with Crippen molar-refractivity contribution >= 4 is 10.0 Å². The number of aliphatic hydroxyl groups is 1. The second-order valence-electron chi connectivity index (χ2n) is 5.15. The minimum absolute atomic E-state index is 0.0331. The molecule has 1 aromatic heterocycles. The molecule has 1 aliphatic carbocycles. The first kappa shape index (κ1) is 14.5. The molecule has 1 fully saturated rings. The topological polar surface area (TPSA) is 84.2 Å². The summed E-state index contributed by atoms with van der Waals surface area (Å²) >= 11 is 0. The van der Waals surface area contributed by atoms with Crippen LogP contribution in [-0.4, -0.2) is 36.0 Å². The molecule has 0 aromatic carbocycles. The zero-order chi connectivity index (χ0) is 13.9. The minimum atomic E-state index is -3.48. The number of aryl methyl sites for hydroxylation is 1. The highest BCUT2D eigenvalue weighted by Gasteiger charge is 2.28. The lowest BCUT2D eigenvalue weighted by atomic mass is 10.1. The number of nitrogens with one attached hydrogen (secondary N) is 1. The summed E-state index contributed by atoms with van der Waals surface area (Å²) in [6.07, 6.45) is 6.48. The van der Waals surface area contributed by atoms with Gasteiger partial charge in [-0.25, -0.2) is 13.1 Å². The van der Waals surface area contributed by atoms with Gasteiger partial charge in [-0.15, -0.1) is 0 Å². The Kier molecular flexibility index (Phi) is 4.59. The maximum absolute atomic E-state index is 12.2. The highest BCUT2D eigenvalue weighted by Crippen LogP contribution is 2.26. The first-order chi connectivity index (χ1) is 9.03. The van der Waals surface area contributed by atoms with Crippen LogP contribution in [0.2, 0.25) is 0 Å². The first-order valence-corrected chi connectivity index (χ1v) is 8.17. The van der Waals surface area contributed by atoms with Crippen molar-refractivity contribution in [3.05, 3.63) is 12.4 Å². The normalized spacial score (nSPS) is 23.9. The van der Waals surface area contributed by atoms with Crippen molar-refractivity contribution in [3.63, 3.8) is 0 Å². The second-order valence-corrected chi connectivity index (χ2v) is 6.87. The van der Waals surface area contributed by atoms with Crippen LogP contribution in [0.5, 0.6) is 0 Å². The Bertz CT molecular complexity index is 512. The number of aliphatic hydroxyl groups excluding tert-OH is 1. The van der Waals surface area contributed by atoms with E-state index in [0.29, 0.717) is 18.9 Å². The molecule has 1 aromatic rings. The number of rotatable bonds is 6. The average molecular weight is 287 g/mol. The lowest BCUT2D eigenvalue weighted by Gasteiger charge is -2.16. The number of hydrogen-bond donors (Lipinski definition) is 2. The molecule has 19 heavy (non-hydrogen) atoms. The van der Waals surface area contributed by atoms with E-state index in [1.54, 1.807) is 4.68 Å². The van der Waals surface area contributed by atoms with E-state index in [0.717, 1.165) is 19.3 Å². The van der Waals surface area contributed by atoms with Crippen LogP contribution in [0.3, 0.4) is 0 Å². The van der Waals surface area contributed by atoms with Crippen LogP contribution < -0.4 is 4.72 Å². The summed E-state index contributed by atoms with van der Waals surface area (Å²) < 4.78 is 28.7. The van der Waals surface area contributed by atoms with E-state index in [9.17, 15) is 8.42 Å². The molecule has 7 heteroatoms. The van der Waals surface area contributed by atoms with Crippen LogP contribution >= 0.6 is 0 Å². The number of sulfonamides is 1. The second kappa shape index (κ2) is 6.02. The van der Waals surface area contributed by atoms with E-state index in [1.165, 1.54) is 12.4 Å². The largest absolute Gasteiger partial charge is 0.396 e. The van der Waals surface area contributed by atoms with Crippen LogP contribution in [0.1, 0.15) is 32.6 Å². The third kappa shape index (κ3) is 3.55. The van der Waals surface area contributed by atoms with Crippen molar-refractivity contribution in [2.45, 2.75) is 50.1 Å². The predicted molar refractivity (Wildman–Crippen MR) is 71.1 cm³/mol. The van der Waals surface area contributed by atoms with Gasteiger partial charge < -0.3 is 5.11 Å². The molecule has 1 saturated carbocycles. The van der Waals surface area contributed by atoms with Gasteiger partial charge >= 0.3 is 0 Å². The maximum atomic E-state index is 12.2. The standard InChI is InChI=1S/C12H21N3O3S/c1-10-4-2-5-12(10)14-19(17,18)11-8-13-15(9-11)6-3-7-16/h8-10,12,14,16H,2-7H2,1H3. The van der Waals surface area contributed by atoms with Crippen molar-refractivity contribution in [2.24, 2.45) is 5.92 Å². The van der Waals surface area contributed by atoms with E-state index in [4.69, 9.17) is 5.11 Å². The van der Waals surface area contributed by atoms with E-state index in [2.05, 4.69) is 16.7 Å². The van der Waals surface area contributed by atoms with Crippen molar-refractivity contribution < 1.29 is 13.5 Å². The molecule has 2 unspecified atom stereocenters. The van der Waals surface area contributed by atoms with E-state index in [1.807, 2.05) is 0 Å². The van der Waals surface area contributed by atoms with Crippen LogP contribution in [0, 0.1) is 5.92 Å². The number of hydrogen-bond acceptors (Lipinski definition) is 4. The maximum Gasteiger partial charge on any atom is 0.243 e. The molecular formula is C12H21N3O3S. The quantitative estimate of drug-likeness (QED) is 0.808. The summed E-state index contributed by atoms with van der Waals surface area (Å²) in [5, 5.41) is 12.7. The van der Waals surface area contributed by atoms with Crippen LogP contribution in [0.4, 0.5) is 0 Å². The predicted octanol–water partition coefficient (Wildman–Crippen LogP) is 0.732. The summed E-state index contributed by atoms with van der Waals surface area (Å²) in [6.45, 7) is 2.66. The van der Waals surface area contributed by atoms with Gasteiger partial charge in [0, 0.05) is 25.4 Å². The monoisotopic (exact) mass is 287 g/mol. The summed E-state index contributed by atoms with van der Waals surface area (Å²) in [5.41, 5.74) is 0. The Balaban J connectivity index is 2.04. The van der Waals surface area contributed by atoms with Crippen molar-refractivity contribution in [3.8, 4) is 0 Å². The Labute approximate surface area is 113 Å². The van der Waals surface area contributed by atoms with Crippen molar-refractivity contribution in [1.82, 2.24) is 14.5 Å². The van der Waals surface area contributed by atoms with Gasteiger partial charge in [-0.3, -0.25) is 4.68 Å². The fourth-order valence-corrected chi connectivity index (χ4v) is 3.76. The Morgan fingerprint density at radius 2 is 2.32 bits per heavy atom. The van der Waals surface area contributed by atoms with Gasteiger partial charge in [0.1, 0.15) is 4.90 Å². The zero-order valence-electron chi connectivity index (χ0n) is 11.1. The van der Waals surface area contributed by atoms with Crippen LogP contribution in [0.25, 0.3) is 0 Å². The molecule has 108 valence electrons. The van der Waals surface area contributed by atoms with Gasteiger partial charge in [-0.05, 0) is 25.2 Å². The first-order valence-electron chi connectivity index (χ1n) is 6.68. The highest BCUT2D eigenvalue weighted by molar-refractivity contribution is 7.89. The molecule has 0 saturated heterocycles. The zero-order valence-corrected chi connectivity index (χ0v) is 11.9. The van der Waals surface area contributed by atoms with Gasteiger partial charge in [0.15, 0.2) is 0 Å². The Hall–Kier alpha value is -0.920. The molecule has 0 bridgehead atoms.